The van der Waals surface area contributed by atoms with Crippen LogP contribution >= 0.6 is 11.6 Å². The second-order valence-electron chi connectivity index (χ2n) is 3.97. The van der Waals surface area contributed by atoms with E-state index in [9.17, 15) is 5.11 Å². The maximum atomic E-state index is 10.1. The van der Waals surface area contributed by atoms with Crippen molar-refractivity contribution in [3.63, 3.8) is 0 Å². The number of hydrogen-bond donors (Lipinski definition) is 1. The lowest BCUT2D eigenvalue weighted by molar-refractivity contribution is -0.00996. The Hall–Kier alpha value is -0.570. The number of hydrogen-bond acceptors (Lipinski definition) is 2. The van der Waals surface area contributed by atoms with Crippen LogP contribution in [0.2, 0.25) is 5.02 Å². The Morgan fingerprint density at radius 1 is 1.33 bits per heavy atom. The average molecular weight is 227 g/mol. The molecule has 0 amide bonds. The van der Waals surface area contributed by atoms with E-state index in [0.717, 1.165) is 25.0 Å². The summed E-state index contributed by atoms with van der Waals surface area (Å²) in [5, 5.41) is 10.8. The van der Waals surface area contributed by atoms with Gasteiger partial charge in [-0.2, -0.15) is 0 Å². The van der Waals surface area contributed by atoms with Crippen LogP contribution in [0.3, 0.4) is 0 Å². The number of halogens is 1. The molecule has 1 aliphatic rings. The minimum atomic E-state index is -0.428. The third kappa shape index (κ3) is 2.71. The minimum absolute atomic E-state index is 0.222. The Balaban J connectivity index is 2.05. The van der Waals surface area contributed by atoms with Crippen LogP contribution in [0.4, 0.5) is 0 Å². The zero-order valence-corrected chi connectivity index (χ0v) is 9.28. The first-order chi connectivity index (χ1) is 7.27. The monoisotopic (exact) mass is 226 g/mol. The molecule has 82 valence electrons. The van der Waals surface area contributed by atoms with E-state index >= 15 is 0 Å². The van der Waals surface area contributed by atoms with Gasteiger partial charge in [-0.25, -0.2) is 0 Å². The first kappa shape index (κ1) is 10.9. The Morgan fingerprint density at radius 3 is 2.67 bits per heavy atom. The van der Waals surface area contributed by atoms with Crippen molar-refractivity contribution in [3.05, 3.63) is 34.9 Å². The summed E-state index contributed by atoms with van der Waals surface area (Å²) in [5.41, 5.74) is 0.926. The highest BCUT2D eigenvalue weighted by atomic mass is 35.5. The number of ether oxygens (including phenoxy) is 1. The molecule has 1 heterocycles. The van der Waals surface area contributed by atoms with E-state index in [1.807, 2.05) is 24.3 Å². The fraction of sp³-hybridized carbons (Fsp3) is 0.500. The Labute approximate surface area is 94.8 Å². The lowest BCUT2D eigenvalue weighted by Gasteiger charge is -2.26. The minimum Gasteiger partial charge on any atom is -0.388 e. The van der Waals surface area contributed by atoms with Crippen LogP contribution in [0.25, 0.3) is 0 Å². The summed E-state index contributed by atoms with van der Waals surface area (Å²) < 4.78 is 5.36. The van der Waals surface area contributed by atoms with Crippen molar-refractivity contribution >= 4 is 11.6 Å². The van der Waals surface area contributed by atoms with Crippen LogP contribution in [0.5, 0.6) is 0 Å². The van der Waals surface area contributed by atoms with E-state index in [0.29, 0.717) is 11.6 Å². The van der Waals surface area contributed by atoms with Crippen molar-refractivity contribution in [1.29, 1.82) is 0 Å². The highest BCUT2D eigenvalue weighted by Gasteiger charge is 2.23. The molecule has 2 unspecified atom stereocenters. The molecule has 2 atom stereocenters. The lowest BCUT2D eigenvalue weighted by Crippen LogP contribution is -2.23. The van der Waals surface area contributed by atoms with Crippen LogP contribution in [0.15, 0.2) is 24.3 Å². The van der Waals surface area contributed by atoms with Gasteiger partial charge in [0.15, 0.2) is 0 Å². The van der Waals surface area contributed by atoms with Gasteiger partial charge in [0.05, 0.1) is 12.7 Å². The molecule has 0 spiro atoms. The van der Waals surface area contributed by atoms with Crippen LogP contribution in [-0.4, -0.2) is 18.3 Å². The van der Waals surface area contributed by atoms with Gasteiger partial charge in [-0.1, -0.05) is 23.7 Å². The lowest BCUT2D eigenvalue weighted by atomic mass is 9.91. The molecule has 1 aliphatic heterocycles. The summed E-state index contributed by atoms with van der Waals surface area (Å²) in [5.74, 6) is 0.222. The standard InChI is InChI=1S/C12H15ClO2/c13-11-5-3-9(4-6-11)12(14)10-2-1-7-15-8-10/h3-6,10,12,14H,1-2,7-8H2. The van der Waals surface area contributed by atoms with Gasteiger partial charge in [0.2, 0.25) is 0 Å². The summed E-state index contributed by atoms with van der Waals surface area (Å²) in [6.45, 7) is 1.48. The third-order valence-corrected chi connectivity index (χ3v) is 3.11. The number of benzene rings is 1. The molecule has 1 saturated heterocycles. The molecule has 1 N–H and O–H groups in total. The highest BCUT2D eigenvalue weighted by Crippen LogP contribution is 2.29. The molecule has 2 nitrogen and oxygen atoms in total. The number of aliphatic hydroxyl groups is 1. The summed E-state index contributed by atoms with van der Waals surface area (Å²) in [6, 6.07) is 7.37. The Morgan fingerprint density at radius 2 is 2.07 bits per heavy atom. The predicted octanol–water partition coefficient (Wildman–Crippen LogP) is 2.80. The summed E-state index contributed by atoms with van der Waals surface area (Å²) in [6.07, 6.45) is 1.64. The predicted molar refractivity (Wildman–Crippen MR) is 60.0 cm³/mol. The molecule has 3 heteroatoms. The normalized spacial score (nSPS) is 23.7. The number of aliphatic hydroxyl groups excluding tert-OH is 1. The first-order valence-corrected chi connectivity index (χ1v) is 5.66. The quantitative estimate of drug-likeness (QED) is 0.841. The molecule has 1 aromatic carbocycles. The SMILES string of the molecule is OC(c1ccc(Cl)cc1)C1CCCOC1. The zero-order valence-electron chi connectivity index (χ0n) is 8.53. The van der Waals surface area contributed by atoms with Gasteiger partial charge >= 0.3 is 0 Å². The summed E-state index contributed by atoms with van der Waals surface area (Å²) in [7, 11) is 0. The van der Waals surface area contributed by atoms with Gasteiger partial charge in [0.1, 0.15) is 0 Å². The summed E-state index contributed by atoms with van der Waals surface area (Å²) >= 11 is 5.80. The van der Waals surface area contributed by atoms with Gasteiger partial charge in [-0.15, -0.1) is 0 Å². The van der Waals surface area contributed by atoms with Gasteiger partial charge in [-0.05, 0) is 30.5 Å². The molecule has 0 saturated carbocycles. The van der Waals surface area contributed by atoms with Gasteiger partial charge < -0.3 is 9.84 Å². The summed E-state index contributed by atoms with van der Waals surface area (Å²) in [4.78, 5) is 0. The van der Waals surface area contributed by atoms with Crippen molar-refractivity contribution in [2.24, 2.45) is 5.92 Å². The van der Waals surface area contributed by atoms with Crippen molar-refractivity contribution in [3.8, 4) is 0 Å². The Kier molecular flexibility index (Phi) is 3.62. The van der Waals surface area contributed by atoms with Gasteiger partial charge in [-0.3, -0.25) is 0 Å². The molecule has 2 rings (SSSR count). The molecule has 0 bridgehead atoms. The van der Waals surface area contributed by atoms with Crippen molar-refractivity contribution < 1.29 is 9.84 Å². The van der Waals surface area contributed by atoms with E-state index in [4.69, 9.17) is 16.3 Å². The van der Waals surface area contributed by atoms with Crippen molar-refractivity contribution in [2.45, 2.75) is 18.9 Å². The zero-order chi connectivity index (χ0) is 10.7. The number of rotatable bonds is 2. The van der Waals surface area contributed by atoms with Crippen LogP contribution in [0, 0.1) is 5.92 Å². The van der Waals surface area contributed by atoms with Crippen molar-refractivity contribution in [2.75, 3.05) is 13.2 Å². The van der Waals surface area contributed by atoms with E-state index in [1.165, 1.54) is 0 Å². The second kappa shape index (κ2) is 4.97. The molecule has 1 aromatic rings. The van der Waals surface area contributed by atoms with Crippen LogP contribution in [0.1, 0.15) is 24.5 Å². The molecular weight excluding hydrogens is 212 g/mol. The van der Waals surface area contributed by atoms with E-state index in [-0.39, 0.29) is 5.92 Å². The highest BCUT2D eigenvalue weighted by molar-refractivity contribution is 6.30. The second-order valence-corrected chi connectivity index (χ2v) is 4.41. The first-order valence-electron chi connectivity index (χ1n) is 5.28. The third-order valence-electron chi connectivity index (χ3n) is 2.85. The fourth-order valence-electron chi connectivity index (χ4n) is 1.95. The molecule has 15 heavy (non-hydrogen) atoms. The van der Waals surface area contributed by atoms with Crippen LogP contribution in [-0.2, 0) is 4.74 Å². The van der Waals surface area contributed by atoms with Crippen LogP contribution < -0.4 is 0 Å². The largest absolute Gasteiger partial charge is 0.388 e. The fourth-order valence-corrected chi connectivity index (χ4v) is 2.07. The van der Waals surface area contributed by atoms with Crippen molar-refractivity contribution in [1.82, 2.24) is 0 Å². The maximum Gasteiger partial charge on any atom is 0.0840 e. The topological polar surface area (TPSA) is 29.5 Å². The van der Waals surface area contributed by atoms with E-state index in [1.54, 1.807) is 0 Å². The molecular formula is C12H15ClO2. The maximum absolute atomic E-state index is 10.1. The van der Waals surface area contributed by atoms with E-state index < -0.39 is 6.10 Å². The molecule has 0 aliphatic carbocycles. The molecule has 0 radical (unpaired) electrons. The van der Waals surface area contributed by atoms with Gasteiger partial charge in [0.25, 0.3) is 0 Å². The average Bonchev–Trinajstić information content (AvgIpc) is 2.30. The smallest absolute Gasteiger partial charge is 0.0840 e. The van der Waals surface area contributed by atoms with Gasteiger partial charge in [0, 0.05) is 17.5 Å². The molecule has 0 aromatic heterocycles. The van der Waals surface area contributed by atoms with E-state index in [2.05, 4.69) is 0 Å². The molecule has 1 fully saturated rings. The Bertz CT molecular complexity index is 304.